The van der Waals surface area contributed by atoms with Crippen LogP contribution >= 0.6 is 12.6 Å². The Morgan fingerprint density at radius 2 is 1.93 bits per heavy atom. The first kappa shape index (κ1) is 10.9. The van der Waals surface area contributed by atoms with Gasteiger partial charge in [-0.2, -0.15) is 17.9 Å². The van der Waals surface area contributed by atoms with E-state index >= 15 is 0 Å². The van der Waals surface area contributed by atoms with Crippen molar-refractivity contribution in [1.29, 1.82) is 5.26 Å². The fourth-order valence-corrected chi connectivity index (χ4v) is 1.25. The molecule has 14 heavy (non-hydrogen) atoms. The molecule has 1 aromatic carbocycles. The quantitative estimate of drug-likeness (QED) is 0.594. The van der Waals surface area contributed by atoms with Crippen molar-refractivity contribution in [2.75, 3.05) is 12.4 Å². The molecular formula is C11H13NOS. The zero-order valence-electron chi connectivity index (χ0n) is 7.94. The smallest absolute Gasteiger partial charge is 0.119 e. The predicted octanol–water partition coefficient (Wildman–Crippen LogP) is 2.65. The number of rotatable bonds is 5. The number of nitrogens with zero attached hydrogens (tertiary/aromatic N) is 1. The van der Waals surface area contributed by atoms with Crippen LogP contribution < -0.4 is 4.74 Å². The van der Waals surface area contributed by atoms with Crippen LogP contribution in [-0.2, 0) is 0 Å². The molecule has 0 bridgehead atoms. The van der Waals surface area contributed by atoms with Crippen LogP contribution in [-0.4, -0.2) is 12.4 Å². The lowest BCUT2D eigenvalue weighted by molar-refractivity contribution is 0.310. The molecule has 1 aromatic rings. The standard InChI is InChI=1S/C11H13NOS/c12-9-10-3-5-11(6-4-10)13-7-1-2-8-14/h3-6,14H,1-2,7-8H2. The fraction of sp³-hybridized carbons (Fsp3) is 0.364. The minimum Gasteiger partial charge on any atom is -0.494 e. The van der Waals surface area contributed by atoms with Crippen LogP contribution in [0.4, 0.5) is 0 Å². The molecule has 0 heterocycles. The Balaban J connectivity index is 2.33. The summed E-state index contributed by atoms with van der Waals surface area (Å²) in [4.78, 5) is 0. The second-order valence-electron chi connectivity index (χ2n) is 2.92. The van der Waals surface area contributed by atoms with Gasteiger partial charge in [0.1, 0.15) is 5.75 Å². The molecule has 0 N–H and O–H groups in total. The van der Waals surface area contributed by atoms with Gasteiger partial charge in [-0.25, -0.2) is 0 Å². The summed E-state index contributed by atoms with van der Waals surface area (Å²) in [6.45, 7) is 0.715. The van der Waals surface area contributed by atoms with Crippen molar-refractivity contribution in [3.05, 3.63) is 29.8 Å². The van der Waals surface area contributed by atoms with E-state index in [-0.39, 0.29) is 0 Å². The van der Waals surface area contributed by atoms with Crippen molar-refractivity contribution in [3.63, 3.8) is 0 Å². The number of benzene rings is 1. The molecule has 74 valence electrons. The minimum absolute atomic E-state index is 0.660. The number of unbranched alkanes of at least 4 members (excludes halogenated alkanes) is 1. The Labute approximate surface area is 89.9 Å². The molecular weight excluding hydrogens is 194 g/mol. The van der Waals surface area contributed by atoms with Crippen LogP contribution in [0.15, 0.2) is 24.3 Å². The topological polar surface area (TPSA) is 33.0 Å². The van der Waals surface area contributed by atoms with Gasteiger partial charge in [-0.05, 0) is 42.9 Å². The second kappa shape index (κ2) is 6.33. The molecule has 0 aliphatic heterocycles. The fourth-order valence-electron chi connectivity index (χ4n) is 1.03. The van der Waals surface area contributed by atoms with Crippen LogP contribution in [0.25, 0.3) is 0 Å². The normalized spacial score (nSPS) is 9.43. The van der Waals surface area contributed by atoms with Crippen molar-refractivity contribution in [1.82, 2.24) is 0 Å². The average Bonchev–Trinajstić information content (AvgIpc) is 2.25. The van der Waals surface area contributed by atoms with Gasteiger partial charge in [0.15, 0.2) is 0 Å². The van der Waals surface area contributed by atoms with Crippen LogP contribution in [0.5, 0.6) is 5.75 Å². The summed E-state index contributed by atoms with van der Waals surface area (Å²) in [6.07, 6.45) is 2.09. The third kappa shape index (κ3) is 3.71. The Bertz CT molecular complexity index is 302. The van der Waals surface area contributed by atoms with Crippen molar-refractivity contribution in [2.24, 2.45) is 0 Å². The molecule has 0 saturated heterocycles. The van der Waals surface area contributed by atoms with Gasteiger partial charge in [0, 0.05) is 0 Å². The molecule has 0 aromatic heterocycles. The van der Waals surface area contributed by atoms with Gasteiger partial charge in [0.05, 0.1) is 18.2 Å². The van der Waals surface area contributed by atoms with E-state index in [1.807, 2.05) is 12.1 Å². The largest absolute Gasteiger partial charge is 0.494 e. The van der Waals surface area contributed by atoms with Gasteiger partial charge in [-0.15, -0.1) is 0 Å². The summed E-state index contributed by atoms with van der Waals surface area (Å²) in [5, 5.41) is 8.58. The van der Waals surface area contributed by atoms with Crippen LogP contribution in [0.3, 0.4) is 0 Å². The Morgan fingerprint density at radius 3 is 2.50 bits per heavy atom. The van der Waals surface area contributed by atoms with Crippen molar-refractivity contribution in [2.45, 2.75) is 12.8 Å². The van der Waals surface area contributed by atoms with Crippen LogP contribution in [0.1, 0.15) is 18.4 Å². The zero-order chi connectivity index (χ0) is 10.2. The molecule has 0 spiro atoms. The summed E-state index contributed by atoms with van der Waals surface area (Å²) in [6, 6.07) is 9.22. The van der Waals surface area contributed by atoms with E-state index in [1.165, 1.54) is 0 Å². The molecule has 0 atom stereocenters. The predicted molar refractivity (Wildman–Crippen MR) is 59.7 cm³/mol. The Morgan fingerprint density at radius 1 is 1.21 bits per heavy atom. The summed E-state index contributed by atoms with van der Waals surface area (Å²) >= 11 is 4.12. The number of hydrogen-bond acceptors (Lipinski definition) is 3. The molecule has 0 aliphatic rings. The molecule has 0 saturated carbocycles. The molecule has 0 amide bonds. The first-order valence-electron chi connectivity index (χ1n) is 4.60. The van der Waals surface area contributed by atoms with Gasteiger partial charge in [0.2, 0.25) is 0 Å². The number of nitriles is 1. The van der Waals surface area contributed by atoms with E-state index in [9.17, 15) is 0 Å². The first-order chi connectivity index (χ1) is 6.86. The van der Waals surface area contributed by atoms with Gasteiger partial charge in [-0.1, -0.05) is 0 Å². The molecule has 0 fully saturated rings. The van der Waals surface area contributed by atoms with Crippen molar-refractivity contribution >= 4 is 12.6 Å². The van der Waals surface area contributed by atoms with E-state index in [4.69, 9.17) is 10.00 Å². The highest BCUT2D eigenvalue weighted by Crippen LogP contribution is 2.11. The molecule has 1 rings (SSSR count). The highest BCUT2D eigenvalue weighted by Gasteiger charge is 1.93. The molecule has 0 aliphatic carbocycles. The van der Waals surface area contributed by atoms with Crippen molar-refractivity contribution < 1.29 is 4.74 Å². The average molecular weight is 207 g/mol. The van der Waals surface area contributed by atoms with Gasteiger partial charge < -0.3 is 4.74 Å². The number of thiol groups is 1. The lowest BCUT2D eigenvalue weighted by Crippen LogP contribution is -1.97. The zero-order valence-corrected chi connectivity index (χ0v) is 8.83. The molecule has 0 unspecified atom stereocenters. The lowest BCUT2D eigenvalue weighted by Gasteiger charge is -2.04. The van der Waals surface area contributed by atoms with E-state index in [0.717, 1.165) is 24.3 Å². The van der Waals surface area contributed by atoms with E-state index in [1.54, 1.807) is 12.1 Å². The van der Waals surface area contributed by atoms with Gasteiger partial charge in [0.25, 0.3) is 0 Å². The third-order valence-electron chi connectivity index (χ3n) is 1.80. The van der Waals surface area contributed by atoms with E-state index in [2.05, 4.69) is 18.7 Å². The van der Waals surface area contributed by atoms with E-state index in [0.29, 0.717) is 12.2 Å². The van der Waals surface area contributed by atoms with Gasteiger partial charge >= 0.3 is 0 Å². The minimum atomic E-state index is 0.660. The lowest BCUT2D eigenvalue weighted by atomic mass is 10.2. The highest BCUT2D eigenvalue weighted by atomic mass is 32.1. The Kier molecular flexibility index (Phi) is 4.95. The van der Waals surface area contributed by atoms with Crippen molar-refractivity contribution in [3.8, 4) is 11.8 Å². The molecule has 2 nitrogen and oxygen atoms in total. The van der Waals surface area contributed by atoms with Crippen LogP contribution in [0, 0.1) is 11.3 Å². The SMILES string of the molecule is N#Cc1ccc(OCCCCS)cc1. The summed E-state index contributed by atoms with van der Waals surface area (Å²) < 4.78 is 5.46. The summed E-state index contributed by atoms with van der Waals surface area (Å²) in [5.41, 5.74) is 0.660. The van der Waals surface area contributed by atoms with E-state index < -0.39 is 0 Å². The monoisotopic (exact) mass is 207 g/mol. The summed E-state index contributed by atoms with van der Waals surface area (Å²) in [5.74, 6) is 1.72. The second-order valence-corrected chi connectivity index (χ2v) is 3.36. The number of ether oxygens (including phenoxy) is 1. The molecule has 3 heteroatoms. The number of hydrogen-bond donors (Lipinski definition) is 1. The maximum atomic E-state index is 8.58. The summed E-state index contributed by atoms with van der Waals surface area (Å²) in [7, 11) is 0. The maximum Gasteiger partial charge on any atom is 0.119 e. The Hall–Kier alpha value is -1.14. The third-order valence-corrected chi connectivity index (χ3v) is 2.12. The maximum absolute atomic E-state index is 8.58. The van der Waals surface area contributed by atoms with Crippen LogP contribution in [0.2, 0.25) is 0 Å². The highest BCUT2D eigenvalue weighted by molar-refractivity contribution is 7.80. The molecule has 0 radical (unpaired) electrons. The first-order valence-corrected chi connectivity index (χ1v) is 5.24. The van der Waals surface area contributed by atoms with Gasteiger partial charge in [-0.3, -0.25) is 0 Å².